The van der Waals surface area contributed by atoms with Gasteiger partial charge in [0.1, 0.15) is 6.61 Å². The summed E-state index contributed by atoms with van der Waals surface area (Å²) in [7, 11) is 3.64. The van der Waals surface area contributed by atoms with Gasteiger partial charge in [-0.1, -0.05) is 18.2 Å². The lowest BCUT2D eigenvalue weighted by molar-refractivity contribution is -0.126. The van der Waals surface area contributed by atoms with E-state index < -0.39 is 0 Å². The number of hydrogen-bond donors (Lipinski definition) is 2. The molecule has 2 rings (SSSR count). The summed E-state index contributed by atoms with van der Waals surface area (Å²) < 4.78 is 7.45. The van der Waals surface area contributed by atoms with Gasteiger partial charge < -0.3 is 9.30 Å². The highest BCUT2D eigenvalue weighted by molar-refractivity contribution is 5.83. The van der Waals surface area contributed by atoms with Gasteiger partial charge in [0.15, 0.2) is 0 Å². The summed E-state index contributed by atoms with van der Waals surface area (Å²) >= 11 is 0. The normalized spacial score (nSPS) is 10.8. The molecule has 2 aromatic rings. The molecule has 1 aromatic heterocycles. The summed E-state index contributed by atoms with van der Waals surface area (Å²) in [6.07, 6.45) is 2.03. The van der Waals surface area contributed by atoms with Gasteiger partial charge in [-0.3, -0.25) is 10.2 Å². The average molecular weight is 247 g/mol. The molecule has 0 fully saturated rings. The van der Waals surface area contributed by atoms with Gasteiger partial charge in [0, 0.05) is 36.8 Å². The fourth-order valence-corrected chi connectivity index (χ4v) is 1.97. The number of carbonyl (C=O) groups excluding carboxylic acids is 1. The SMILES string of the molecule is CNNC(=O)COCc1cn(C)c2ccccc12. The van der Waals surface area contributed by atoms with Gasteiger partial charge in [-0.15, -0.1) is 0 Å². The van der Waals surface area contributed by atoms with Crippen LogP contribution in [0.15, 0.2) is 30.5 Å². The zero-order valence-electron chi connectivity index (χ0n) is 10.6. The molecule has 5 nitrogen and oxygen atoms in total. The summed E-state index contributed by atoms with van der Waals surface area (Å²) in [5.74, 6) is -0.183. The van der Waals surface area contributed by atoms with Gasteiger partial charge in [-0.2, -0.15) is 0 Å². The Morgan fingerprint density at radius 3 is 2.94 bits per heavy atom. The first-order chi connectivity index (χ1) is 8.72. The topological polar surface area (TPSA) is 55.3 Å². The third-order valence-electron chi connectivity index (χ3n) is 2.73. The van der Waals surface area contributed by atoms with Crippen LogP contribution in [-0.2, 0) is 23.2 Å². The molecule has 0 saturated carbocycles. The monoisotopic (exact) mass is 247 g/mol. The van der Waals surface area contributed by atoms with Crippen molar-refractivity contribution in [3.05, 3.63) is 36.0 Å². The molecule has 0 aliphatic carbocycles. The number of nitrogens with one attached hydrogen (secondary N) is 2. The molecule has 1 amide bonds. The fourth-order valence-electron chi connectivity index (χ4n) is 1.97. The minimum Gasteiger partial charge on any atom is -0.367 e. The summed E-state index contributed by atoms with van der Waals surface area (Å²) in [4.78, 5) is 11.2. The van der Waals surface area contributed by atoms with Crippen LogP contribution in [0.4, 0.5) is 0 Å². The number of benzene rings is 1. The first kappa shape index (κ1) is 12.6. The second-order valence-corrected chi connectivity index (χ2v) is 4.07. The van der Waals surface area contributed by atoms with E-state index >= 15 is 0 Å². The number of carbonyl (C=O) groups is 1. The summed E-state index contributed by atoms with van der Waals surface area (Å²) in [6, 6.07) is 8.13. The van der Waals surface area contributed by atoms with Crippen LogP contribution in [-0.4, -0.2) is 24.1 Å². The van der Waals surface area contributed by atoms with Crippen molar-refractivity contribution in [3.63, 3.8) is 0 Å². The molecule has 18 heavy (non-hydrogen) atoms. The molecule has 0 aliphatic heterocycles. The van der Waals surface area contributed by atoms with Crippen molar-refractivity contribution < 1.29 is 9.53 Å². The Labute approximate surface area is 106 Å². The Kier molecular flexibility index (Phi) is 3.96. The van der Waals surface area contributed by atoms with Crippen molar-refractivity contribution in [1.29, 1.82) is 0 Å². The number of amides is 1. The molecule has 2 N–H and O–H groups in total. The zero-order valence-corrected chi connectivity index (χ0v) is 10.6. The van der Waals surface area contributed by atoms with Crippen molar-refractivity contribution in [2.75, 3.05) is 13.7 Å². The standard InChI is InChI=1S/C13H17N3O2/c1-14-15-13(17)9-18-8-10-7-16(2)12-6-4-3-5-11(10)12/h3-7,14H,8-9H2,1-2H3,(H,15,17). The number of aryl methyl sites for hydroxylation is 1. The molecule has 0 unspecified atom stereocenters. The highest BCUT2D eigenvalue weighted by Gasteiger charge is 2.06. The molecule has 5 heteroatoms. The lowest BCUT2D eigenvalue weighted by Gasteiger charge is -2.04. The number of nitrogens with zero attached hydrogens (tertiary/aromatic N) is 1. The second kappa shape index (κ2) is 5.66. The third-order valence-corrected chi connectivity index (χ3v) is 2.73. The highest BCUT2D eigenvalue weighted by atomic mass is 16.5. The third kappa shape index (κ3) is 2.69. The van der Waals surface area contributed by atoms with Crippen LogP contribution < -0.4 is 10.9 Å². The van der Waals surface area contributed by atoms with E-state index in [-0.39, 0.29) is 12.5 Å². The van der Waals surface area contributed by atoms with Gasteiger partial charge in [-0.05, 0) is 6.07 Å². The van der Waals surface area contributed by atoms with Crippen LogP contribution in [0.2, 0.25) is 0 Å². The molecule has 0 aliphatic rings. The Bertz CT molecular complexity index is 548. The van der Waals surface area contributed by atoms with Crippen LogP contribution in [0.1, 0.15) is 5.56 Å². The van der Waals surface area contributed by atoms with Crippen molar-refractivity contribution in [2.45, 2.75) is 6.61 Å². The molecule has 0 bridgehead atoms. The van der Waals surface area contributed by atoms with Crippen LogP contribution in [0, 0.1) is 0 Å². The number of hydrazine groups is 1. The average Bonchev–Trinajstić information content (AvgIpc) is 2.68. The van der Waals surface area contributed by atoms with E-state index in [2.05, 4.69) is 27.6 Å². The predicted octanol–water partition coefficient (Wildman–Crippen LogP) is 0.945. The summed E-state index contributed by atoms with van der Waals surface area (Å²) in [5.41, 5.74) is 7.27. The molecule has 0 atom stereocenters. The van der Waals surface area contributed by atoms with Crippen molar-refractivity contribution >= 4 is 16.8 Å². The Balaban J connectivity index is 2.02. The maximum absolute atomic E-state index is 11.2. The van der Waals surface area contributed by atoms with E-state index in [1.165, 1.54) is 0 Å². The van der Waals surface area contributed by atoms with Gasteiger partial charge in [0.25, 0.3) is 5.91 Å². The Morgan fingerprint density at radius 2 is 2.17 bits per heavy atom. The predicted molar refractivity (Wildman–Crippen MR) is 69.8 cm³/mol. The van der Waals surface area contributed by atoms with Gasteiger partial charge in [0.2, 0.25) is 0 Å². The minimum absolute atomic E-state index is 0.0457. The number of hydrogen-bond acceptors (Lipinski definition) is 3. The minimum atomic E-state index is -0.183. The van der Waals surface area contributed by atoms with E-state index in [1.54, 1.807) is 7.05 Å². The van der Waals surface area contributed by atoms with E-state index in [0.29, 0.717) is 6.61 Å². The number of ether oxygens (including phenoxy) is 1. The molecule has 0 saturated heterocycles. The number of para-hydroxylation sites is 1. The number of aromatic nitrogens is 1. The highest BCUT2D eigenvalue weighted by Crippen LogP contribution is 2.20. The lowest BCUT2D eigenvalue weighted by atomic mass is 10.2. The molecular formula is C13H17N3O2. The van der Waals surface area contributed by atoms with Crippen molar-refractivity contribution in [1.82, 2.24) is 15.4 Å². The van der Waals surface area contributed by atoms with E-state index in [4.69, 9.17) is 4.74 Å². The Morgan fingerprint density at radius 1 is 1.39 bits per heavy atom. The molecule has 0 spiro atoms. The molecule has 1 heterocycles. The van der Waals surface area contributed by atoms with Crippen LogP contribution in [0.25, 0.3) is 10.9 Å². The van der Waals surface area contributed by atoms with Gasteiger partial charge >= 0.3 is 0 Å². The lowest BCUT2D eigenvalue weighted by Crippen LogP contribution is -2.36. The fraction of sp³-hybridized carbons (Fsp3) is 0.308. The van der Waals surface area contributed by atoms with Crippen LogP contribution in [0.3, 0.4) is 0 Å². The number of fused-ring (bicyclic) bond motifs is 1. The smallest absolute Gasteiger partial charge is 0.260 e. The molecule has 1 aromatic carbocycles. The molecule has 0 radical (unpaired) electrons. The van der Waals surface area contributed by atoms with Crippen molar-refractivity contribution in [3.8, 4) is 0 Å². The largest absolute Gasteiger partial charge is 0.367 e. The first-order valence-electron chi connectivity index (χ1n) is 5.78. The van der Waals surface area contributed by atoms with Crippen LogP contribution >= 0.6 is 0 Å². The van der Waals surface area contributed by atoms with Gasteiger partial charge in [-0.25, -0.2) is 5.43 Å². The zero-order chi connectivity index (χ0) is 13.0. The van der Waals surface area contributed by atoms with E-state index in [1.807, 2.05) is 25.4 Å². The summed E-state index contributed by atoms with van der Waals surface area (Å²) in [6.45, 7) is 0.475. The van der Waals surface area contributed by atoms with Gasteiger partial charge in [0.05, 0.1) is 6.61 Å². The van der Waals surface area contributed by atoms with Crippen molar-refractivity contribution in [2.24, 2.45) is 7.05 Å². The molecule has 96 valence electrons. The summed E-state index contributed by atoms with van der Waals surface area (Å²) in [5, 5.41) is 1.16. The van der Waals surface area contributed by atoms with Crippen LogP contribution in [0.5, 0.6) is 0 Å². The first-order valence-corrected chi connectivity index (χ1v) is 5.78. The van der Waals surface area contributed by atoms with E-state index in [0.717, 1.165) is 16.5 Å². The maximum Gasteiger partial charge on any atom is 0.260 e. The van der Waals surface area contributed by atoms with E-state index in [9.17, 15) is 4.79 Å². The number of rotatable bonds is 5. The quantitative estimate of drug-likeness (QED) is 0.773. The molecular weight excluding hydrogens is 230 g/mol. The second-order valence-electron chi connectivity index (χ2n) is 4.07. The Hall–Kier alpha value is -1.85. The maximum atomic E-state index is 11.2.